The molecule has 4 aromatic rings. The fraction of sp³-hybridized carbons (Fsp3) is 0.286. The second-order valence-electron chi connectivity index (χ2n) is 9.11. The first kappa shape index (κ1) is 27.2. The van der Waals surface area contributed by atoms with Gasteiger partial charge in [-0.15, -0.1) is 0 Å². The maximum absolute atomic E-state index is 10.8. The largest absolute Gasteiger partial charge is 0.468 e. The number of pyridine rings is 1. The number of non-ortho nitro benzene ring substituents is 1. The van der Waals surface area contributed by atoms with Crippen molar-refractivity contribution >= 4 is 51.0 Å². The SMILES string of the molecule is Cc1cc([N+](=O)[O-])cc([N+](=O)[O-])c1N1CC1.O=COCCCCCNc1c2ccccc2nc2ccccc12. The molecule has 0 saturated carbocycles. The van der Waals surface area contributed by atoms with Gasteiger partial charge in [0.2, 0.25) is 0 Å². The highest BCUT2D eigenvalue weighted by Gasteiger charge is 2.31. The number of nitro groups is 2. The van der Waals surface area contributed by atoms with Gasteiger partial charge in [0.15, 0.2) is 0 Å². The zero-order valence-electron chi connectivity index (χ0n) is 21.5. The average Bonchev–Trinajstić information content (AvgIpc) is 3.77. The normalized spacial score (nSPS) is 12.0. The highest BCUT2D eigenvalue weighted by Crippen LogP contribution is 2.38. The monoisotopic (exact) mass is 531 g/mol. The molecule has 11 nitrogen and oxygen atoms in total. The molecule has 39 heavy (non-hydrogen) atoms. The van der Waals surface area contributed by atoms with Crippen LogP contribution >= 0.6 is 0 Å². The van der Waals surface area contributed by atoms with E-state index in [9.17, 15) is 25.0 Å². The van der Waals surface area contributed by atoms with Crippen molar-refractivity contribution in [2.45, 2.75) is 26.2 Å². The number of hydrogen-bond acceptors (Lipinski definition) is 9. The molecule has 1 fully saturated rings. The lowest BCUT2D eigenvalue weighted by molar-refractivity contribution is -0.393. The van der Waals surface area contributed by atoms with E-state index in [1.54, 1.807) is 6.92 Å². The number of aromatic nitrogens is 1. The van der Waals surface area contributed by atoms with Gasteiger partial charge in [0.05, 0.1) is 39.2 Å². The van der Waals surface area contributed by atoms with E-state index in [-0.39, 0.29) is 11.4 Å². The number of carbonyl (C=O) groups is 1. The first-order chi connectivity index (χ1) is 18.9. The molecule has 1 aliphatic heterocycles. The van der Waals surface area contributed by atoms with E-state index in [0.29, 0.717) is 24.3 Å². The molecule has 3 aromatic carbocycles. The molecule has 0 unspecified atom stereocenters. The first-order valence-corrected chi connectivity index (χ1v) is 12.7. The van der Waals surface area contributed by atoms with Gasteiger partial charge in [0.25, 0.3) is 17.8 Å². The van der Waals surface area contributed by atoms with Crippen LogP contribution < -0.4 is 10.2 Å². The summed E-state index contributed by atoms with van der Waals surface area (Å²) in [5.41, 5.74) is 3.80. The van der Waals surface area contributed by atoms with Crippen LogP contribution in [-0.2, 0) is 9.53 Å². The highest BCUT2D eigenvalue weighted by atomic mass is 16.6. The second kappa shape index (κ2) is 12.6. The summed E-state index contributed by atoms with van der Waals surface area (Å²) < 4.78 is 4.70. The Bertz CT molecular complexity index is 1450. The van der Waals surface area contributed by atoms with E-state index in [4.69, 9.17) is 9.72 Å². The summed E-state index contributed by atoms with van der Waals surface area (Å²) in [6.07, 6.45) is 2.97. The Kier molecular flexibility index (Phi) is 8.82. The van der Waals surface area contributed by atoms with E-state index in [1.807, 2.05) is 41.3 Å². The van der Waals surface area contributed by atoms with Gasteiger partial charge in [-0.1, -0.05) is 36.4 Å². The van der Waals surface area contributed by atoms with Crippen molar-refractivity contribution in [1.82, 2.24) is 4.98 Å². The van der Waals surface area contributed by atoms with Gasteiger partial charge >= 0.3 is 0 Å². The van der Waals surface area contributed by atoms with E-state index in [0.717, 1.165) is 72.5 Å². The summed E-state index contributed by atoms with van der Waals surface area (Å²) in [5.74, 6) is 0. The number of para-hydroxylation sites is 2. The van der Waals surface area contributed by atoms with Gasteiger partial charge in [-0.3, -0.25) is 25.0 Å². The number of nitro benzene ring substituents is 2. The van der Waals surface area contributed by atoms with Crippen LogP contribution in [0.3, 0.4) is 0 Å². The summed E-state index contributed by atoms with van der Waals surface area (Å²) in [6, 6.07) is 18.8. The number of fused-ring (bicyclic) bond motifs is 2. The number of nitrogens with zero attached hydrogens (tertiary/aromatic N) is 4. The third-order valence-corrected chi connectivity index (χ3v) is 6.33. The van der Waals surface area contributed by atoms with Gasteiger partial charge in [0, 0.05) is 36.5 Å². The molecule has 1 aromatic heterocycles. The van der Waals surface area contributed by atoms with Crippen molar-refractivity contribution < 1.29 is 19.4 Å². The number of aryl methyl sites for hydroxylation is 1. The number of nitrogens with one attached hydrogen (secondary N) is 1. The lowest BCUT2D eigenvalue weighted by Crippen LogP contribution is -2.04. The van der Waals surface area contributed by atoms with Gasteiger partial charge < -0.3 is 15.0 Å². The van der Waals surface area contributed by atoms with E-state index >= 15 is 0 Å². The third-order valence-electron chi connectivity index (χ3n) is 6.33. The maximum atomic E-state index is 10.8. The zero-order chi connectivity index (χ0) is 27.8. The van der Waals surface area contributed by atoms with Crippen molar-refractivity contribution in [3.8, 4) is 0 Å². The molecule has 0 radical (unpaired) electrons. The molecule has 202 valence electrons. The lowest BCUT2D eigenvalue weighted by Gasteiger charge is -2.13. The quantitative estimate of drug-likeness (QED) is 0.0637. The fourth-order valence-electron chi connectivity index (χ4n) is 4.45. The van der Waals surface area contributed by atoms with Gasteiger partial charge in [-0.25, -0.2) is 4.98 Å². The van der Waals surface area contributed by atoms with Crippen LogP contribution in [0.25, 0.3) is 21.8 Å². The van der Waals surface area contributed by atoms with E-state index in [1.165, 1.54) is 6.07 Å². The Hall–Kier alpha value is -4.80. The summed E-state index contributed by atoms with van der Waals surface area (Å²) in [5, 5.41) is 27.3. The van der Waals surface area contributed by atoms with Crippen molar-refractivity contribution in [1.29, 1.82) is 0 Å². The Balaban J connectivity index is 0.000000193. The molecule has 5 rings (SSSR count). The predicted octanol–water partition coefficient (Wildman–Crippen LogP) is 5.77. The minimum atomic E-state index is -0.619. The smallest absolute Gasteiger partial charge is 0.299 e. The number of hydrogen-bond donors (Lipinski definition) is 1. The Morgan fingerprint density at radius 3 is 2.15 bits per heavy atom. The second-order valence-corrected chi connectivity index (χ2v) is 9.11. The van der Waals surface area contributed by atoms with Crippen LogP contribution in [0.4, 0.5) is 22.7 Å². The van der Waals surface area contributed by atoms with Crippen LogP contribution in [-0.4, -0.2) is 47.5 Å². The van der Waals surface area contributed by atoms with Gasteiger partial charge in [0.1, 0.15) is 5.69 Å². The number of rotatable bonds is 11. The molecule has 1 saturated heterocycles. The predicted molar refractivity (Wildman–Crippen MR) is 150 cm³/mol. The number of ether oxygens (including phenoxy) is 1. The number of carbonyl (C=O) groups excluding carboxylic acids is 1. The van der Waals surface area contributed by atoms with E-state index in [2.05, 4.69) is 17.4 Å². The van der Waals surface area contributed by atoms with Crippen molar-refractivity contribution in [3.05, 3.63) is 86.5 Å². The molecule has 2 heterocycles. The standard InChI is InChI=1S/C19H20N2O2.C9H9N3O4/c22-14-23-13-7-1-6-12-20-19-15-8-2-4-10-17(15)21-18-11-5-3-9-16(18)19;1-6-4-7(11(13)14)5-8(12(15)16)9(6)10-2-3-10/h2-5,8-11,14H,1,6-7,12-13H2,(H,20,21);4-5H,2-3H2,1H3. The summed E-state index contributed by atoms with van der Waals surface area (Å²) in [6.45, 7) is 5.07. The summed E-state index contributed by atoms with van der Waals surface area (Å²) >= 11 is 0. The van der Waals surface area contributed by atoms with Gasteiger partial charge in [-0.2, -0.15) is 0 Å². The molecule has 0 atom stereocenters. The summed E-state index contributed by atoms with van der Waals surface area (Å²) in [4.78, 5) is 36.9. The molecule has 0 aliphatic carbocycles. The van der Waals surface area contributed by atoms with Crippen molar-refractivity contribution in [2.75, 3.05) is 36.5 Å². The molecule has 0 spiro atoms. The topological polar surface area (TPSA) is 141 Å². The fourth-order valence-corrected chi connectivity index (χ4v) is 4.45. The lowest BCUT2D eigenvalue weighted by atomic mass is 10.1. The minimum absolute atomic E-state index is 0.191. The van der Waals surface area contributed by atoms with Crippen LogP contribution in [0, 0.1) is 27.2 Å². The third kappa shape index (κ3) is 6.75. The van der Waals surface area contributed by atoms with E-state index < -0.39 is 9.85 Å². The van der Waals surface area contributed by atoms with Crippen molar-refractivity contribution in [3.63, 3.8) is 0 Å². The molecular formula is C28H29N5O6. The van der Waals surface area contributed by atoms with Crippen LogP contribution in [0.15, 0.2) is 60.7 Å². The maximum Gasteiger partial charge on any atom is 0.299 e. The highest BCUT2D eigenvalue weighted by molar-refractivity contribution is 6.07. The molecule has 0 bridgehead atoms. The Morgan fingerprint density at radius 2 is 1.59 bits per heavy atom. The molecule has 0 amide bonds. The van der Waals surface area contributed by atoms with Crippen LogP contribution in [0.5, 0.6) is 0 Å². The summed E-state index contributed by atoms with van der Waals surface area (Å²) in [7, 11) is 0. The minimum Gasteiger partial charge on any atom is -0.468 e. The zero-order valence-corrected chi connectivity index (χ0v) is 21.5. The Morgan fingerprint density at radius 1 is 0.949 bits per heavy atom. The molecule has 11 heteroatoms. The number of anilines is 2. The Labute approximate surface area is 224 Å². The number of benzene rings is 3. The van der Waals surface area contributed by atoms with Crippen LogP contribution in [0.1, 0.15) is 24.8 Å². The number of unbranched alkanes of at least 4 members (excludes halogenated alkanes) is 2. The molecule has 1 aliphatic rings. The first-order valence-electron chi connectivity index (χ1n) is 12.7. The molecular weight excluding hydrogens is 502 g/mol. The van der Waals surface area contributed by atoms with Gasteiger partial charge in [-0.05, 0) is 43.9 Å². The average molecular weight is 532 g/mol. The van der Waals surface area contributed by atoms with Crippen LogP contribution in [0.2, 0.25) is 0 Å². The molecule has 1 N–H and O–H groups in total. The van der Waals surface area contributed by atoms with Crippen molar-refractivity contribution in [2.24, 2.45) is 0 Å².